The molecular formula is C35H41FN5O5P. The number of carboxylic acids is 1. The highest BCUT2D eigenvalue weighted by Crippen LogP contribution is 2.45. The van der Waals surface area contributed by atoms with E-state index in [0.717, 1.165) is 41.9 Å². The van der Waals surface area contributed by atoms with Gasteiger partial charge in [-0.05, 0) is 82.9 Å². The topological polar surface area (TPSA) is 110 Å². The average molecular weight is 662 g/mol. The van der Waals surface area contributed by atoms with Gasteiger partial charge >= 0.3 is 5.97 Å². The van der Waals surface area contributed by atoms with Crippen molar-refractivity contribution in [1.29, 1.82) is 0 Å². The number of carboxylic acid groups (broad SMARTS) is 1. The van der Waals surface area contributed by atoms with Crippen molar-refractivity contribution in [1.82, 2.24) is 24.1 Å². The molecule has 248 valence electrons. The van der Waals surface area contributed by atoms with E-state index >= 15 is 4.39 Å². The van der Waals surface area contributed by atoms with Crippen LogP contribution in [0.5, 0.6) is 5.75 Å². The van der Waals surface area contributed by atoms with Gasteiger partial charge in [-0.3, -0.25) is 14.4 Å². The number of aliphatic carboxylic acids is 1. The van der Waals surface area contributed by atoms with Gasteiger partial charge in [0.15, 0.2) is 17.7 Å². The first-order chi connectivity index (χ1) is 22.2. The summed E-state index contributed by atoms with van der Waals surface area (Å²) in [4.78, 5) is 37.4. The minimum Gasteiger partial charge on any atom is -0.490 e. The molecule has 3 aromatic heterocycles. The van der Waals surface area contributed by atoms with Crippen molar-refractivity contribution in [2.45, 2.75) is 59.2 Å². The first kappa shape index (κ1) is 33.0. The second kappa shape index (κ2) is 12.6. The third-order valence-corrected chi connectivity index (χ3v) is 9.46. The van der Waals surface area contributed by atoms with Gasteiger partial charge < -0.3 is 24.0 Å². The van der Waals surface area contributed by atoms with Crippen molar-refractivity contribution in [2.24, 2.45) is 7.05 Å². The number of rotatable bonds is 6. The largest absolute Gasteiger partial charge is 0.490 e. The summed E-state index contributed by atoms with van der Waals surface area (Å²) < 4.78 is 31.7. The molecule has 1 fully saturated rings. The molecular weight excluding hydrogens is 620 g/mol. The molecule has 1 N–H and O–H groups in total. The summed E-state index contributed by atoms with van der Waals surface area (Å²) in [6.45, 7) is 12.3. The number of aromatic nitrogens is 3. The second-order valence-corrected chi connectivity index (χ2v) is 14.0. The van der Waals surface area contributed by atoms with Gasteiger partial charge in [0.2, 0.25) is 0 Å². The molecule has 10 nitrogen and oxygen atoms in total. The van der Waals surface area contributed by atoms with Gasteiger partial charge in [0, 0.05) is 72.8 Å². The molecule has 2 atom stereocenters. The molecule has 1 aromatic carbocycles. The van der Waals surface area contributed by atoms with Crippen LogP contribution in [0.3, 0.4) is 0 Å². The van der Waals surface area contributed by atoms with Crippen molar-refractivity contribution in [2.75, 3.05) is 32.8 Å². The van der Waals surface area contributed by atoms with Crippen LogP contribution < -0.4 is 4.74 Å². The zero-order valence-corrected chi connectivity index (χ0v) is 28.8. The lowest BCUT2D eigenvalue weighted by atomic mass is 9.86. The lowest BCUT2D eigenvalue weighted by Gasteiger charge is -2.32. The lowest BCUT2D eigenvalue weighted by Crippen LogP contribution is -2.45. The van der Waals surface area contributed by atoms with Gasteiger partial charge in [0.1, 0.15) is 11.3 Å². The summed E-state index contributed by atoms with van der Waals surface area (Å²) in [5.74, 6) is -1.54. The Morgan fingerprint density at radius 3 is 2.53 bits per heavy atom. The van der Waals surface area contributed by atoms with Crippen LogP contribution in [0, 0.1) is 19.7 Å². The Morgan fingerprint density at radius 2 is 1.85 bits per heavy atom. The molecule has 0 radical (unpaired) electrons. The standard InChI is InChI=1S/C35H41FN5O5P/c1-19-22-8-7-15-45-30(22)25(36)17-23(19)29-24-18-27(21-9-10-37-26(16-21)33(42)40-11-13-41(47)14-12-40)39(6)32(24)38-20(2)28(29)31(34(43)44)46-35(3,4)5/h9-10,16-18,31H,7-8,11-15,47H2,1-6H3,(H,43,44)/t31-/m0/s1. The van der Waals surface area contributed by atoms with E-state index in [1.54, 1.807) is 40.0 Å². The van der Waals surface area contributed by atoms with E-state index in [1.807, 2.05) is 35.6 Å². The van der Waals surface area contributed by atoms with Gasteiger partial charge in [-0.15, -0.1) is 0 Å². The number of piperazine rings is 1. The second-order valence-electron chi connectivity index (χ2n) is 13.3. The molecule has 1 saturated heterocycles. The molecule has 2 aliphatic heterocycles. The minimum atomic E-state index is -1.37. The van der Waals surface area contributed by atoms with Gasteiger partial charge in [0.25, 0.3) is 5.91 Å². The molecule has 47 heavy (non-hydrogen) atoms. The molecule has 5 heterocycles. The van der Waals surface area contributed by atoms with E-state index in [1.165, 1.54) is 6.07 Å². The van der Waals surface area contributed by atoms with Gasteiger partial charge in [-0.1, -0.05) is 9.39 Å². The fourth-order valence-corrected chi connectivity index (χ4v) is 6.87. The van der Waals surface area contributed by atoms with E-state index in [2.05, 4.69) is 19.0 Å². The smallest absolute Gasteiger partial charge is 0.337 e. The molecule has 2 aliphatic rings. The van der Waals surface area contributed by atoms with Crippen molar-refractivity contribution in [3.05, 3.63) is 64.4 Å². The van der Waals surface area contributed by atoms with Crippen LogP contribution in [0.15, 0.2) is 30.5 Å². The summed E-state index contributed by atoms with van der Waals surface area (Å²) in [7, 11) is 4.56. The fourth-order valence-electron chi connectivity index (χ4n) is 6.64. The number of hydrogen-bond acceptors (Lipinski definition) is 7. The number of benzene rings is 1. The normalized spacial score (nSPS) is 16.2. The van der Waals surface area contributed by atoms with Crippen LogP contribution in [0.25, 0.3) is 33.4 Å². The summed E-state index contributed by atoms with van der Waals surface area (Å²) in [6, 6.07) is 6.99. The monoisotopic (exact) mass is 661 g/mol. The van der Waals surface area contributed by atoms with Gasteiger partial charge in [-0.2, -0.15) is 0 Å². The number of halogens is 1. The maximum atomic E-state index is 15.8. The zero-order valence-electron chi connectivity index (χ0n) is 27.7. The number of amides is 1. The number of carbonyl (C=O) groups excluding carboxylic acids is 1. The molecule has 0 saturated carbocycles. The van der Waals surface area contributed by atoms with E-state index < -0.39 is 23.5 Å². The maximum Gasteiger partial charge on any atom is 0.337 e. The summed E-state index contributed by atoms with van der Waals surface area (Å²) in [6.07, 6.45) is 1.66. The van der Waals surface area contributed by atoms with E-state index in [4.69, 9.17) is 14.5 Å². The first-order valence-electron chi connectivity index (χ1n) is 15.9. The third kappa shape index (κ3) is 6.24. The van der Waals surface area contributed by atoms with Crippen LogP contribution in [0.4, 0.5) is 4.39 Å². The molecule has 4 aromatic rings. The SMILES string of the molecule is Cc1nc2c(cc(-c3ccnc(C(=O)N4CCN(P)CC4)c3)n2C)c(-c2cc(F)c3c(c2C)CCCO3)c1[C@H](OC(C)(C)C)C(=O)O. The van der Waals surface area contributed by atoms with Crippen LogP contribution >= 0.6 is 9.39 Å². The number of carbonyl (C=O) groups is 2. The Bertz CT molecular complexity index is 1890. The molecule has 1 unspecified atom stereocenters. The summed E-state index contributed by atoms with van der Waals surface area (Å²) in [5, 5.41) is 11.2. The zero-order chi connectivity index (χ0) is 33.8. The van der Waals surface area contributed by atoms with Crippen LogP contribution in [-0.2, 0) is 23.0 Å². The number of pyridine rings is 2. The minimum absolute atomic E-state index is 0.133. The van der Waals surface area contributed by atoms with E-state index in [-0.39, 0.29) is 11.7 Å². The molecule has 0 bridgehead atoms. The van der Waals surface area contributed by atoms with Gasteiger partial charge in [-0.25, -0.2) is 14.2 Å². The predicted octanol–water partition coefficient (Wildman–Crippen LogP) is 5.87. The number of nitrogens with zero attached hydrogens (tertiary/aromatic N) is 5. The predicted molar refractivity (Wildman–Crippen MR) is 181 cm³/mol. The fraction of sp³-hybridized carbons (Fsp3) is 0.429. The lowest BCUT2D eigenvalue weighted by molar-refractivity contribution is -0.160. The van der Waals surface area contributed by atoms with E-state index in [9.17, 15) is 14.7 Å². The number of hydrogen-bond donors (Lipinski definition) is 1. The third-order valence-electron chi connectivity index (χ3n) is 8.94. The highest BCUT2D eigenvalue weighted by molar-refractivity contribution is 7.13. The Balaban J connectivity index is 1.58. The number of fused-ring (bicyclic) bond motifs is 2. The van der Waals surface area contributed by atoms with Crippen molar-refractivity contribution >= 4 is 32.3 Å². The maximum absolute atomic E-state index is 15.8. The van der Waals surface area contributed by atoms with Crippen LogP contribution in [0.1, 0.15) is 66.2 Å². The van der Waals surface area contributed by atoms with Crippen molar-refractivity contribution in [3.8, 4) is 28.1 Å². The Labute approximate surface area is 276 Å². The van der Waals surface area contributed by atoms with Crippen molar-refractivity contribution < 1.29 is 28.6 Å². The van der Waals surface area contributed by atoms with Crippen molar-refractivity contribution in [3.63, 3.8) is 0 Å². The quantitative estimate of drug-likeness (QED) is 0.256. The summed E-state index contributed by atoms with van der Waals surface area (Å²) >= 11 is 0. The first-order valence-corrected chi connectivity index (χ1v) is 16.4. The molecule has 0 spiro atoms. The highest BCUT2D eigenvalue weighted by Gasteiger charge is 2.34. The molecule has 0 aliphatic carbocycles. The van der Waals surface area contributed by atoms with Crippen LogP contribution in [-0.4, -0.2) is 79.5 Å². The molecule has 6 rings (SSSR count). The van der Waals surface area contributed by atoms with Gasteiger partial charge in [0.05, 0.1) is 17.9 Å². The average Bonchev–Trinajstić information content (AvgIpc) is 3.36. The van der Waals surface area contributed by atoms with Crippen LogP contribution in [0.2, 0.25) is 0 Å². The molecule has 1 amide bonds. The number of aryl methyl sites for hydroxylation is 2. The van der Waals surface area contributed by atoms with E-state index in [0.29, 0.717) is 65.2 Å². The Morgan fingerprint density at radius 1 is 1.13 bits per heavy atom. The Hall–Kier alpha value is -3.92. The number of ether oxygens (including phenoxy) is 2. The highest BCUT2D eigenvalue weighted by atomic mass is 31.0. The molecule has 12 heteroatoms. The Kier molecular flexibility index (Phi) is 8.84. The summed E-state index contributed by atoms with van der Waals surface area (Å²) in [5.41, 5.74) is 5.18.